The van der Waals surface area contributed by atoms with E-state index in [4.69, 9.17) is 9.47 Å². The lowest BCUT2D eigenvalue weighted by Crippen LogP contribution is -2.22. The number of rotatable bonds is 2. The summed E-state index contributed by atoms with van der Waals surface area (Å²) in [5, 5.41) is 0. The van der Waals surface area contributed by atoms with Gasteiger partial charge in [-0.2, -0.15) is 0 Å². The Morgan fingerprint density at radius 3 is 2.60 bits per heavy atom. The normalized spacial score (nSPS) is 33.9. The molecule has 0 aliphatic carbocycles. The van der Waals surface area contributed by atoms with Crippen molar-refractivity contribution in [3.63, 3.8) is 0 Å². The Morgan fingerprint density at radius 2 is 1.95 bits per heavy atom. The zero-order chi connectivity index (χ0) is 14.4. The largest absolute Gasteiger partial charge is 0.493 e. The highest BCUT2D eigenvalue weighted by Gasteiger charge is 2.42. The van der Waals surface area contributed by atoms with Crippen LogP contribution < -0.4 is 4.74 Å². The van der Waals surface area contributed by atoms with Crippen molar-refractivity contribution in [1.29, 1.82) is 0 Å². The van der Waals surface area contributed by atoms with Crippen LogP contribution in [0.4, 0.5) is 0 Å². The van der Waals surface area contributed by atoms with E-state index >= 15 is 0 Å². The van der Waals surface area contributed by atoms with Crippen LogP contribution in [-0.2, 0) is 11.2 Å². The van der Waals surface area contributed by atoms with Crippen LogP contribution >= 0.6 is 31.9 Å². The average Bonchev–Trinajstić information content (AvgIpc) is 2.93. The van der Waals surface area contributed by atoms with Gasteiger partial charge in [-0.3, -0.25) is 0 Å². The molecule has 0 spiro atoms. The summed E-state index contributed by atoms with van der Waals surface area (Å²) in [5.41, 5.74) is 2.57. The van der Waals surface area contributed by atoms with Crippen LogP contribution in [0.5, 0.6) is 5.75 Å². The first kappa shape index (κ1) is 14.9. The molecule has 0 bridgehead atoms. The van der Waals surface area contributed by atoms with Crippen molar-refractivity contribution in [3.8, 4) is 5.75 Å². The van der Waals surface area contributed by atoms with E-state index < -0.39 is 0 Å². The minimum absolute atomic E-state index is 0.264. The molecule has 2 aliphatic heterocycles. The lowest BCUT2D eigenvalue weighted by Gasteiger charge is -2.26. The summed E-state index contributed by atoms with van der Waals surface area (Å²) in [7, 11) is 0. The number of hydrogen-bond donors (Lipinski definition) is 0. The van der Waals surface area contributed by atoms with Crippen molar-refractivity contribution < 1.29 is 9.47 Å². The number of alkyl halides is 1. The number of hydrogen-bond acceptors (Lipinski definition) is 2. The third-order valence-electron chi connectivity index (χ3n) is 4.73. The molecule has 2 heterocycles. The maximum Gasteiger partial charge on any atom is 0.127 e. The SMILES string of the molecule is CC1OC(C)C(C(Br)c2cc(Br)cc3c2OCC3)C1C. The highest BCUT2D eigenvalue weighted by molar-refractivity contribution is 9.10. The van der Waals surface area contributed by atoms with Crippen molar-refractivity contribution in [2.24, 2.45) is 11.8 Å². The molecule has 1 aromatic rings. The Hall–Kier alpha value is -0.0600. The Morgan fingerprint density at radius 1 is 1.20 bits per heavy atom. The zero-order valence-electron chi connectivity index (χ0n) is 12.0. The third-order valence-corrected chi connectivity index (χ3v) is 6.29. The van der Waals surface area contributed by atoms with Crippen LogP contribution in [-0.4, -0.2) is 18.8 Å². The van der Waals surface area contributed by atoms with Gasteiger partial charge in [0.2, 0.25) is 0 Å². The molecule has 20 heavy (non-hydrogen) atoms. The van der Waals surface area contributed by atoms with Crippen molar-refractivity contribution in [1.82, 2.24) is 0 Å². The highest BCUT2D eigenvalue weighted by atomic mass is 79.9. The summed E-state index contributed by atoms with van der Waals surface area (Å²) in [6.07, 6.45) is 1.58. The number of ether oxygens (including phenoxy) is 2. The molecule has 1 saturated heterocycles. The molecule has 110 valence electrons. The smallest absolute Gasteiger partial charge is 0.127 e. The molecule has 5 atom stereocenters. The van der Waals surface area contributed by atoms with Crippen LogP contribution in [0.1, 0.15) is 36.7 Å². The minimum atomic E-state index is 0.264. The van der Waals surface area contributed by atoms with Gasteiger partial charge >= 0.3 is 0 Å². The number of benzene rings is 1. The van der Waals surface area contributed by atoms with Gasteiger partial charge in [0.25, 0.3) is 0 Å². The van der Waals surface area contributed by atoms with E-state index in [0.29, 0.717) is 17.9 Å². The highest BCUT2D eigenvalue weighted by Crippen LogP contribution is 2.49. The van der Waals surface area contributed by atoms with E-state index in [2.05, 4.69) is 64.8 Å². The molecule has 3 rings (SSSR count). The van der Waals surface area contributed by atoms with Gasteiger partial charge in [0.15, 0.2) is 0 Å². The molecular formula is C16H20Br2O2. The van der Waals surface area contributed by atoms with Crippen molar-refractivity contribution >= 4 is 31.9 Å². The zero-order valence-corrected chi connectivity index (χ0v) is 15.2. The van der Waals surface area contributed by atoms with E-state index in [1.807, 2.05) is 0 Å². The van der Waals surface area contributed by atoms with E-state index in [1.165, 1.54) is 11.1 Å². The summed E-state index contributed by atoms with van der Waals surface area (Å²) in [4.78, 5) is 0.266. The van der Waals surface area contributed by atoms with Crippen molar-refractivity contribution in [2.75, 3.05) is 6.61 Å². The molecule has 2 nitrogen and oxygen atoms in total. The second kappa shape index (κ2) is 5.62. The van der Waals surface area contributed by atoms with E-state index in [9.17, 15) is 0 Å². The van der Waals surface area contributed by atoms with Crippen LogP contribution in [0.3, 0.4) is 0 Å². The first-order valence-corrected chi connectivity index (χ1v) is 8.94. The second-order valence-electron chi connectivity index (χ2n) is 5.97. The Balaban J connectivity index is 1.97. The summed E-state index contributed by atoms with van der Waals surface area (Å²) >= 11 is 7.56. The molecule has 0 N–H and O–H groups in total. The predicted molar refractivity (Wildman–Crippen MR) is 87.7 cm³/mol. The van der Waals surface area contributed by atoms with E-state index in [0.717, 1.165) is 23.2 Å². The van der Waals surface area contributed by atoms with Crippen molar-refractivity contribution in [3.05, 3.63) is 27.7 Å². The van der Waals surface area contributed by atoms with Gasteiger partial charge in [-0.15, -0.1) is 0 Å². The topological polar surface area (TPSA) is 18.5 Å². The van der Waals surface area contributed by atoms with Crippen LogP contribution in [0.25, 0.3) is 0 Å². The summed E-state index contributed by atoms with van der Waals surface area (Å²) in [6, 6.07) is 4.36. The molecule has 2 aliphatic rings. The number of fused-ring (bicyclic) bond motifs is 1. The van der Waals surface area contributed by atoms with Gasteiger partial charge in [-0.1, -0.05) is 38.8 Å². The fourth-order valence-corrected chi connectivity index (χ4v) is 5.28. The fourth-order valence-electron chi connectivity index (χ4n) is 3.51. The van der Waals surface area contributed by atoms with Gasteiger partial charge in [-0.25, -0.2) is 0 Å². The molecule has 1 aromatic carbocycles. The first-order valence-electron chi connectivity index (χ1n) is 7.23. The first-order chi connectivity index (χ1) is 9.49. The van der Waals surface area contributed by atoms with Gasteiger partial charge < -0.3 is 9.47 Å². The average molecular weight is 404 g/mol. The molecule has 0 aromatic heterocycles. The lowest BCUT2D eigenvalue weighted by atomic mass is 9.84. The Labute approximate surface area is 137 Å². The Bertz CT molecular complexity index is 517. The molecule has 0 radical (unpaired) electrons. The van der Waals surface area contributed by atoms with Gasteiger partial charge in [0, 0.05) is 27.2 Å². The Kier molecular flexibility index (Phi) is 4.17. The van der Waals surface area contributed by atoms with Gasteiger partial charge in [-0.05, 0) is 37.5 Å². The van der Waals surface area contributed by atoms with E-state index in [-0.39, 0.29) is 10.9 Å². The summed E-state index contributed by atoms with van der Waals surface area (Å²) in [5.74, 6) is 2.08. The van der Waals surface area contributed by atoms with Gasteiger partial charge in [0.05, 0.1) is 18.8 Å². The van der Waals surface area contributed by atoms with Crippen LogP contribution in [0.2, 0.25) is 0 Å². The molecule has 5 unspecified atom stereocenters. The third kappa shape index (κ3) is 2.44. The lowest BCUT2D eigenvalue weighted by molar-refractivity contribution is 0.0510. The molecule has 1 fully saturated rings. The molecular weight excluding hydrogens is 384 g/mol. The second-order valence-corrected chi connectivity index (χ2v) is 7.87. The van der Waals surface area contributed by atoms with Crippen LogP contribution in [0.15, 0.2) is 16.6 Å². The number of halogens is 2. The van der Waals surface area contributed by atoms with E-state index in [1.54, 1.807) is 0 Å². The maximum atomic E-state index is 6.00. The standard InChI is InChI=1S/C16H20Br2O2/c1-8-9(2)20-10(3)14(8)15(18)13-7-12(17)6-11-4-5-19-16(11)13/h6-10,14-15H,4-5H2,1-3H3. The van der Waals surface area contributed by atoms with Crippen LogP contribution in [0, 0.1) is 11.8 Å². The minimum Gasteiger partial charge on any atom is -0.493 e. The predicted octanol–water partition coefficient (Wildman–Crippen LogP) is 4.88. The molecule has 4 heteroatoms. The monoisotopic (exact) mass is 402 g/mol. The van der Waals surface area contributed by atoms with Gasteiger partial charge in [0.1, 0.15) is 5.75 Å². The maximum absolute atomic E-state index is 6.00. The summed E-state index contributed by atoms with van der Waals surface area (Å²) < 4.78 is 13.0. The van der Waals surface area contributed by atoms with Crippen molar-refractivity contribution in [2.45, 2.75) is 44.2 Å². The fraction of sp³-hybridized carbons (Fsp3) is 0.625. The summed E-state index contributed by atoms with van der Waals surface area (Å²) in [6.45, 7) is 7.42. The molecule has 0 amide bonds. The molecule has 0 saturated carbocycles. The quantitative estimate of drug-likeness (QED) is 0.655.